The Balaban J connectivity index is 2.16. The second kappa shape index (κ2) is 4.59. The second-order valence-corrected chi connectivity index (χ2v) is 3.80. The van der Waals surface area contributed by atoms with Crippen molar-refractivity contribution in [1.29, 1.82) is 0 Å². The molecule has 0 radical (unpaired) electrons. The Morgan fingerprint density at radius 2 is 2.47 bits per heavy atom. The molecule has 1 saturated heterocycles. The molecule has 1 atom stereocenters. The number of anilines is 1. The summed E-state index contributed by atoms with van der Waals surface area (Å²) in [6, 6.07) is 4.06. The zero-order valence-corrected chi connectivity index (χ0v) is 8.89. The van der Waals surface area contributed by atoms with Crippen LogP contribution in [0.25, 0.3) is 0 Å². The van der Waals surface area contributed by atoms with Crippen LogP contribution in [0.3, 0.4) is 0 Å². The highest BCUT2D eigenvalue weighted by molar-refractivity contribution is 5.41. The fraction of sp³-hybridized carbons (Fsp3) is 0.545. The first-order chi connectivity index (χ1) is 7.31. The predicted molar refractivity (Wildman–Crippen MR) is 58.0 cm³/mol. The van der Waals surface area contributed by atoms with Gasteiger partial charge in [-0.1, -0.05) is 6.07 Å². The molecule has 0 aromatic carbocycles. The van der Waals surface area contributed by atoms with Gasteiger partial charge in [-0.25, -0.2) is 4.98 Å². The van der Waals surface area contributed by atoms with Gasteiger partial charge in [-0.15, -0.1) is 0 Å². The molecule has 2 rings (SSSR count). The highest BCUT2D eigenvalue weighted by Gasteiger charge is 2.22. The summed E-state index contributed by atoms with van der Waals surface area (Å²) in [5, 5.41) is 9.23. The minimum absolute atomic E-state index is 0.0361. The lowest BCUT2D eigenvalue weighted by Gasteiger charge is -2.35. The Labute approximate surface area is 89.5 Å². The number of rotatable bonds is 2. The first-order valence-corrected chi connectivity index (χ1v) is 5.19. The van der Waals surface area contributed by atoms with E-state index in [1.807, 2.05) is 25.3 Å². The normalized spacial score (nSPS) is 21.7. The van der Waals surface area contributed by atoms with Gasteiger partial charge in [0.25, 0.3) is 0 Å². The fourth-order valence-corrected chi connectivity index (χ4v) is 1.74. The van der Waals surface area contributed by atoms with Gasteiger partial charge in [0.1, 0.15) is 5.82 Å². The number of aromatic nitrogens is 1. The van der Waals surface area contributed by atoms with Gasteiger partial charge in [0, 0.05) is 12.7 Å². The maximum absolute atomic E-state index is 9.23. The number of morpholine rings is 1. The number of nitrogens with zero attached hydrogens (tertiary/aromatic N) is 2. The monoisotopic (exact) mass is 208 g/mol. The molecule has 1 unspecified atom stereocenters. The molecule has 15 heavy (non-hydrogen) atoms. The maximum atomic E-state index is 9.23. The molecule has 82 valence electrons. The number of hydrogen-bond donors (Lipinski definition) is 1. The van der Waals surface area contributed by atoms with Crippen molar-refractivity contribution in [1.82, 2.24) is 4.98 Å². The van der Waals surface area contributed by atoms with Gasteiger partial charge in [0.15, 0.2) is 0 Å². The minimum atomic E-state index is 0.0361. The quantitative estimate of drug-likeness (QED) is 0.772. The zero-order chi connectivity index (χ0) is 10.7. The van der Waals surface area contributed by atoms with E-state index in [1.165, 1.54) is 0 Å². The Morgan fingerprint density at radius 1 is 1.60 bits per heavy atom. The van der Waals surface area contributed by atoms with E-state index in [9.17, 15) is 5.11 Å². The van der Waals surface area contributed by atoms with Crippen molar-refractivity contribution < 1.29 is 9.84 Å². The van der Waals surface area contributed by atoms with Crippen LogP contribution in [0.1, 0.15) is 5.56 Å². The summed E-state index contributed by atoms with van der Waals surface area (Å²) in [4.78, 5) is 6.46. The summed E-state index contributed by atoms with van der Waals surface area (Å²) >= 11 is 0. The van der Waals surface area contributed by atoms with Crippen LogP contribution >= 0.6 is 0 Å². The van der Waals surface area contributed by atoms with Crippen LogP contribution in [0.2, 0.25) is 0 Å². The van der Waals surface area contributed by atoms with Crippen molar-refractivity contribution in [2.75, 3.05) is 31.3 Å². The minimum Gasteiger partial charge on any atom is -0.394 e. The van der Waals surface area contributed by atoms with Crippen LogP contribution in [0, 0.1) is 6.92 Å². The fourth-order valence-electron chi connectivity index (χ4n) is 1.74. The number of aryl methyl sites for hydroxylation is 1. The molecule has 1 N–H and O–H groups in total. The Kier molecular flexibility index (Phi) is 3.18. The largest absolute Gasteiger partial charge is 0.394 e. The Bertz CT molecular complexity index is 313. The predicted octanol–water partition coefficient (Wildman–Crippen LogP) is 0.588. The zero-order valence-electron chi connectivity index (χ0n) is 8.89. The Hall–Kier alpha value is -1.13. The molecule has 1 aromatic rings. The summed E-state index contributed by atoms with van der Waals surface area (Å²) in [6.45, 7) is 4.19. The third-order valence-corrected chi connectivity index (χ3v) is 2.63. The molecule has 0 aliphatic carbocycles. The highest BCUT2D eigenvalue weighted by atomic mass is 16.5. The van der Waals surface area contributed by atoms with Crippen molar-refractivity contribution in [3.8, 4) is 0 Å². The molecule has 0 amide bonds. The third-order valence-electron chi connectivity index (χ3n) is 2.63. The van der Waals surface area contributed by atoms with Gasteiger partial charge < -0.3 is 14.7 Å². The van der Waals surface area contributed by atoms with E-state index in [0.717, 1.165) is 17.9 Å². The molecule has 4 nitrogen and oxygen atoms in total. The summed E-state index contributed by atoms with van der Waals surface area (Å²) in [6.07, 6.45) is 1.85. The van der Waals surface area contributed by atoms with Gasteiger partial charge in [0.2, 0.25) is 0 Å². The number of aliphatic hydroxyl groups is 1. The lowest BCUT2D eigenvalue weighted by atomic mass is 10.2. The SMILES string of the molecule is Cc1ccc(N2CCOCC2CO)nc1. The maximum Gasteiger partial charge on any atom is 0.128 e. The van der Waals surface area contributed by atoms with Crippen molar-refractivity contribution >= 4 is 5.82 Å². The molecule has 0 spiro atoms. The van der Waals surface area contributed by atoms with Crippen molar-refractivity contribution in [3.63, 3.8) is 0 Å². The van der Waals surface area contributed by atoms with E-state index in [1.54, 1.807) is 0 Å². The summed E-state index contributed by atoms with van der Waals surface area (Å²) in [7, 11) is 0. The van der Waals surface area contributed by atoms with E-state index >= 15 is 0 Å². The molecular formula is C11H16N2O2. The average molecular weight is 208 g/mol. The van der Waals surface area contributed by atoms with Crippen molar-refractivity contribution in [2.45, 2.75) is 13.0 Å². The molecular weight excluding hydrogens is 192 g/mol. The molecule has 2 heterocycles. The second-order valence-electron chi connectivity index (χ2n) is 3.80. The molecule has 0 saturated carbocycles. The van der Waals surface area contributed by atoms with E-state index in [4.69, 9.17) is 4.74 Å². The van der Waals surface area contributed by atoms with Gasteiger partial charge in [-0.3, -0.25) is 0 Å². The smallest absolute Gasteiger partial charge is 0.128 e. The van der Waals surface area contributed by atoms with E-state index in [0.29, 0.717) is 13.2 Å². The summed E-state index contributed by atoms with van der Waals surface area (Å²) < 4.78 is 5.32. The van der Waals surface area contributed by atoms with Crippen LogP contribution in [0.15, 0.2) is 18.3 Å². The van der Waals surface area contributed by atoms with E-state index in [-0.39, 0.29) is 12.6 Å². The molecule has 1 aliphatic heterocycles. The summed E-state index contributed by atoms with van der Waals surface area (Å²) in [5.41, 5.74) is 1.15. The van der Waals surface area contributed by atoms with Gasteiger partial charge >= 0.3 is 0 Å². The van der Waals surface area contributed by atoms with Crippen LogP contribution in [0.4, 0.5) is 5.82 Å². The average Bonchev–Trinajstić information content (AvgIpc) is 2.30. The number of pyridine rings is 1. The first-order valence-electron chi connectivity index (χ1n) is 5.19. The Morgan fingerprint density at radius 3 is 3.13 bits per heavy atom. The van der Waals surface area contributed by atoms with E-state index in [2.05, 4.69) is 9.88 Å². The number of ether oxygens (including phenoxy) is 1. The lowest BCUT2D eigenvalue weighted by molar-refractivity contribution is 0.0723. The third kappa shape index (κ3) is 2.27. The van der Waals surface area contributed by atoms with Crippen LogP contribution < -0.4 is 4.90 Å². The first kappa shape index (κ1) is 10.4. The van der Waals surface area contributed by atoms with E-state index < -0.39 is 0 Å². The van der Waals surface area contributed by atoms with Gasteiger partial charge in [-0.05, 0) is 18.6 Å². The van der Waals surface area contributed by atoms with Gasteiger partial charge in [-0.2, -0.15) is 0 Å². The van der Waals surface area contributed by atoms with Gasteiger partial charge in [0.05, 0.1) is 25.9 Å². The topological polar surface area (TPSA) is 45.6 Å². The molecule has 1 fully saturated rings. The molecule has 4 heteroatoms. The molecule has 1 aliphatic rings. The van der Waals surface area contributed by atoms with Crippen molar-refractivity contribution in [3.05, 3.63) is 23.9 Å². The van der Waals surface area contributed by atoms with Crippen LogP contribution in [-0.4, -0.2) is 42.5 Å². The lowest BCUT2D eigenvalue weighted by Crippen LogP contribution is -2.48. The van der Waals surface area contributed by atoms with Crippen LogP contribution in [0.5, 0.6) is 0 Å². The molecule has 0 bridgehead atoms. The number of aliphatic hydroxyl groups excluding tert-OH is 1. The van der Waals surface area contributed by atoms with Crippen LogP contribution in [-0.2, 0) is 4.74 Å². The van der Waals surface area contributed by atoms with Crippen molar-refractivity contribution in [2.24, 2.45) is 0 Å². The standard InChI is InChI=1S/C11H16N2O2/c1-9-2-3-11(12-6-9)13-4-5-15-8-10(13)7-14/h2-3,6,10,14H,4-5,7-8H2,1H3. The molecule has 1 aromatic heterocycles. The number of hydrogen-bond acceptors (Lipinski definition) is 4. The highest BCUT2D eigenvalue weighted by Crippen LogP contribution is 2.16. The summed E-state index contributed by atoms with van der Waals surface area (Å²) in [5.74, 6) is 0.919.